The van der Waals surface area contributed by atoms with E-state index >= 15 is 0 Å². The smallest absolute Gasteiger partial charge is 0.237 e. The quantitative estimate of drug-likeness (QED) is 0.0183. The topological polar surface area (TPSA) is 643 Å². The zero-order valence-electron chi connectivity index (χ0n) is 67.6. The Hall–Kier alpha value is -7.17. The molecule has 4 aliphatic rings. The lowest BCUT2D eigenvalue weighted by Gasteiger charge is -2.44. The molecule has 0 spiro atoms. The second-order valence-electron chi connectivity index (χ2n) is 29.0. The van der Waals surface area contributed by atoms with Crippen LogP contribution < -0.4 is 32.3 Å². The molecule has 4 saturated heterocycles. The van der Waals surface area contributed by atoms with Crippen LogP contribution in [0, 0.1) is 0 Å². The Balaban J connectivity index is 0.927. The molecule has 4 aromatic rings. The summed E-state index contributed by atoms with van der Waals surface area (Å²) in [5, 5.41) is 162. The predicted octanol–water partition coefficient (Wildman–Crippen LogP) is -10.7. The van der Waals surface area contributed by atoms with Crippen LogP contribution in [-0.2, 0) is 138 Å². The van der Waals surface area contributed by atoms with E-state index in [4.69, 9.17) is 67.3 Å². The van der Waals surface area contributed by atoms with Crippen LogP contribution >= 0.6 is 0 Å². The normalized spacial score (nSPS) is 27.8. The minimum atomic E-state index is -1.49. The number of nitrogens with zero attached hydrogens (tertiary/aromatic N) is 14. The van der Waals surface area contributed by atoms with Crippen LogP contribution in [0.1, 0.15) is 76.7 Å². The lowest BCUT2D eigenvalue weighted by atomic mass is 9.94. The van der Waals surface area contributed by atoms with Crippen LogP contribution in [0.5, 0.6) is 0 Å². The van der Waals surface area contributed by atoms with Crippen LogP contribution in [0.3, 0.4) is 0 Å². The molecule has 0 radical (unpaired) electrons. The third-order valence-electron chi connectivity index (χ3n) is 19.6. The minimum absolute atomic E-state index is 0.0284. The van der Waals surface area contributed by atoms with Gasteiger partial charge in [0.15, 0.2) is 25.2 Å². The summed E-state index contributed by atoms with van der Waals surface area (Å²) in [7, 11) is 1.36. The Kier molecular flexibility index (Phi) is 41.2. The molecule has 0 aromatic carbocycles. The van der Waals surface area contributed by atoms with Gasteiger partial charge in [0, 0.05) is 98.9 Å². The van der Waals surface area contributed by atoms with Crippen molar-refractivity contribution in [3.05, 3.63) is 47.6 Å². The van der Waals surface area contributed by atoms with E-state index in [1.807, 2.05) is 4.90 Å². The lowest BCUT2D eigenvalue weighted by molar-refractivity contribution is -0.285. The van der Waals surface area contributed by atoms with Gasteiger partial charge in [-0.25, -0.2) is 18.7 Å². The molecular formula is C70H120N20O29. The maximum atomic E-state index is 14.6. The molecule has 0 bridgehead atoms. The number of aliphatic hydroxyl groups is 11. The van der Waals surface area contributed by atoms with Crippen molar-refractivity contribution in [3.8, 4) is 0 Å². The average Bonchev–Trinajstić information content (AvgIpc) is 1.44. The Morgan fingerprint density at radius 2 is 0.798 bits per heavy atom. The number of carbonyl (C=O) groups excluding carboxylic acids is 5. The Morgan fingerprint density at radius 3 is 1.11 bits per heavy atom. The van der Waals surface area contributed by atoms with Crippen molar-refractivity contribution in [2.24, 2.45) is 5.73 Å². The van der Waals surface area contributed by atoms with Gasteiger partial charge in [-0.3, -0.25) is 33.8 Å². The Labute approximate surface area is 685 Å². The minimum Gasteiger partial charge on any atom is -0.394 e. The summed E-state index contributed by atoms with van der Waals surface area (Å²) in [5.41, 5.74) is 8.09. The first-order valence-corrected chi connectivity index (χ1v) is 39.5. The summed E-state index contributed by atoms with van der Waals surface area (Å²) in [4.78, 5) is 66.6. The number of unbranched alkanes of at least 4 members (excludes halogenated alkanes) is 1. The molecular weight excluding hydrogens is 1580 g/mol. The molecule has 49 nitrogen and oxygen atoms in total. The van der Waals surface area contributed by atoms with Crippen LogP contribution in [0.15, 0.2) is 24.8 Å². The molecule has 22 unspecified atom stereocenters. The highest BCUT2D eigenvalue weighted by Crippen LogP contribution is 2.29. The number of aliphatic hydroxyl groups excluding tert-OH is 11. The fourth-order valence-electron chi connectivity index (χ4n) is 13.8. The molecule has 674 valence electrons. The molecule has 5 amide bonds. The van der Waals surface area contributed by atoms with Crippen molar-refractivity contribution < 1.29 is 142 Å². The summed E-state index contributed by atoms with van der Waals surface area (Å²) in [5.74, 6) is -2.27. The first kappa shape index (κ1) is 97.3. The van der Waals surface area contributed by atoms with E-state index in [9.17, 15) is 80.1 Å². The van der Waals surface area contributed by atoms with E-state index in [0.29, 0.717) is 48.6 Å². The zero-order chi connectivity index (χ0) is 86.1. The number of rotatable bonds is 54. The van der Waals surface area contributed by atoms with Gasteiger partial charge in [0.2, 0.25) is 29.5 Å². The first-order valence-electron chi connectivity index (χ1n) is 39.5. The van der Waals surface area contributed by atoms with E-state index in [1.54, 1.807) is 43.5 Å². The molecule has 4 aromatic heterocycles. The standard InChI is InChI=1S/C70H120N20O29/c1-40(94)64-65(107-6)63(105)56(76-44(5)98)70(119-64)115-28-24-111-20-16-90-36-48(80-84-90)32-86(31-47-35-89(83-79-47)15-19-110-23-27-114-69-55(75-43(4)97)62(104)59(101)52(39-93)118-69)49(66(106)72-11-10-71)9-7-8-12-85(29-45-33-87(81-77-45)13-17-108-21-25-112-67-53(73-41(2)95)60(102)57(99)50(37-91)116-67)30-46-34-88(82-78-46)14-18-109-22-26-113-68-54(74-42(3)96)61(103)58(100)51(38-92)117-68/h33-36,40,49-65,67-70,91-94,99-105H,7-32,37-39,71H2,1-6H3,(H,72,106)(H,73,95)(H,74,96)(H,75,97)(H,76,98). The molecule has 22 atom stereocenters. The number of hydrogen-bond acceptors (Lipinski definition) is 40. The molecule has 49 heteroatoms. The van der Waals surface area contributed by atoms with E-state index in [-0.39, 0.29) is 151 Å². The molecule has 18 N–H and O–H groups in total. The second-order valence-corrected chi connectivity index (χ2v) is 29.0. The Bertz CT molecular complexity index is 3510. The maximum absolute atomic E-state index is 14.6. The van der Waals surface area contributed by atoms with Gasteiger partial charge in [0.05, 0.1) is 160 Å². The van der Waals surface area contributed by atoms with Gasteiger partial charge in [0.1, 0.15) is 97.4 Å². The number of hydrogen-bond donors (Lipinski definition) is 17. The van der Waals surface area contributed by atoms with Gasteiger partial charge in [0.25, 0.3) is 0 Å². The predicted molar refractivity (Wildman–Crippen MR) is 401 cm³/mol. The number of methoxy groups -OCH3 is 1. The molecule has 4 aliphatic heterocycles. The zero-order valence-corrected chi connectivity index (χ0v) is 67.6. The van der Waals surface area contributed by atoms with Crippen LogP contribution in [0.2, 0.25) is 0 Å². The van der Waals surface area contributed by atoms with Crippen molar-refractivity contribution in [2.45, 2.75) is 241 Å². The summed E-state index contributed by atoms with van der Waals surface area (Å²) < 4.78 is 81.3. The molecule has 0 aliphatic carbocycles. The summed E-state index contributed by atoms with van der Waals surface area (Å²) in [6.45, 7) is 7.69. The molecule has 0 saturated carbocycles. The number of ether oxygens (including phenoxy) is 13. The second kappa shape index (κ2) is 50.4. The monoisotopic (exact) mass is 1700 g/mol. The van der Waals surface area contributed by atoms with Gasteiger partial charge in [-0.05, 0) is 26.3 Å². The highest BCUT2D eigenvalue weighted by Gasteiger charge is 2.50. The van der Waals surface area contributed by atoms with Crippen molar-refractivity contribution in [1.29, 1.82) is 0 Å². The van der Waals surface area contributed by atoms with E-state index in [1.165, 1.54) is 41.7 Å². The van der Waals surface area contributed by atoms with Crippen molar-refractivity contribution in [2.75, 3.05) is 126 Å². The van der Waals surface area contributed by atoms with Gasteiger partial charge in [-0.2, -0.15) is 0 Å². The van der Waals surface area contributed by atoms with Gasteiger partial charge in [-0.1, -0.05) is 27.3 Å². The van der Waals surface area contributed by atoms with Gasteiger partial charge in [-0.15, -0.1) is 20.4 Å². The maximum Gasteiger partial charge on any atom is 0.237 e. The molecule has 8 heterocycles. The SMILES string of the molecule is COC1C(O)C(NC(C)=O)C(OCCOCCn2cc(CN(Cc3cn(CCOCCOC4OC(CO)C(O)C(O)C4NC(C)=O)nn3)C(CCCCN(Cc3cn(CCOCCOC4OC(CO)C(O)C(O)C4NC(C)=O)nn3)Cc3cn(CCOCCOC4OC(CO)C(O)C(O)C4NC(C)=O)nn3)C(=O)NCCN)nn2)OC1C(C)O. The fraction of sp³-hybridized carbons (Fsp3) is 0.814. The third-order valence-corrected chi connectivity index (χ3v) is 19.6. The highest BCUT2D eigenvalue weighted by atomic mass is 16.7. The number of nitrogens with two attached hydrogens (primary N) is 1. The van der Waals surface area contributed by atoms with E-state index in [0.717, 1.165) is 0 Å². The van der Waals surface area contributed by atoms with Crippen LogP contribution in [-0.4, -0.2) is 416 Å². The third kappa shape index (κ3) is 30.4. The summed E-state index contributed by atoms with van der Waals surface area (Å²) >= 11 is 0. The molecule has 119 heavy (non-hydrogen) atoms. The summed E-state index contributed by atoms with van der Waals surface area (Å²) in [6.07, 6.45) is -13.1. The van der Waals surface area contributed by atoms with Gasteiger partial charge >= 0.3 is 0 Å². The highest BCUT2D eigenvalue weighted by molar-refractivity contribution is 5.81. The number of aromatic nitrogens is 12. The fourth-order valence-corrected chi connectivity index (χ4v) is 13.8. The first-order chi connectivity index (χ1) is 57.2. The molecule has 4 fully saturated rings. The van der Waals surface area contributed by atoms with E-state index in [2.05, 4.69) is 72.7 Å². The van der Waals surface area contributed by atoms with Crippen molar-refractivity contribution in [3.63, 3.8) is 0 Å². The van der Waals surface area contributed by atoms with E-state index < -0.39 is 178 Å². The summed E-state index contributed by atoms with van der Waals surface area (Å²) in [6, 6.07) is -5.23. The van der Waals surface area contributed by atoms with Crippen LogP contribution in [0.4, 0.5) is 0 Å². The van der Waals surface area contributed by atoms with Gasteiger partial charge < -0.3 is 150 Å². The van der Waals surface area contributed by atoms with Crippen LogP contribution in [0.25, 0.3) is 0 Å². The number of carbonyl (C=O) groups is 5. The number of nitrogens with one attached hydrogen (secondary N) is 5. The lowest BCUT2D eigenvalue weighted by Crippen LogP contribution is -2.66. The average molecular weight is 1710 g/mol. The molecule has 8 rings (SSSR count). The largest absolute Gasteiger partial charge is 0.394 e. The van der Waals surface area contributed by atoms with Crippen molar-refractivity contribution in [1.82, 2.24) is 96.4 Å². The number of amides is 5. The van der Waals surface area contributed by atoms with Crippen molar-refractivity contribution >= 4 is 29.5 Å². The Morgan fingerprint density at radius 1 is 0.471 bits per heavy atom.